The fraction of sp³-hybridized carbons (Fsp3) is 0.417. The van der Waals surface area contributed by atoms with Gasteiger partial charge in [-0.25, -0.2) is 15.0 Å². The SMILES string of the molecule is c1cn(-c2cc(NC3CCCC3)ncn2)cn1. The molecule has 1 saturated carbocycles. The van der Waals surface area contributed by atoms with Crippen molar-refractivity contribution in [3.8, 4) is 5.82 Å². The smallest absolute Gasteiger partial charge is 0.143 e. The van der Waals surface area contributed by atoms with E-state index in [1.807, 2.05) is 16.8 Å². The van der Waals surface area contributed by atoms with E-state index in [2.05, 4.69) is 20.3 Å². The van der Waals surface area contributed by atoms with Gasteiger partial charge in [0.2, 0.25) is 0 Å². The van der Waals surface area contributed by atoms with Crippen molar-refractivity contribution in [2.75, 3.05) is 5.32 Å². The highest BCUT2D eigenvalue weighted by molar-refractivity contribution is 5.41. The molecule has 0 unspecified atom stereocenters. The maximum atomic E-state index is 4.26. The zero-order valence-corrected chi connectivity index (χ0v) is 9.58. The van der Waals surface area contributed by atoms with Gasteiger partial charge in [-0.05, 0) is 12.8 Å². The molecular formula is C12H15N5. The Morgan fingerprint density at radius 2 is 2.12 bits per heavy atom. The molecule has 0 bridgehead atoms. The molecule has 3 rings (SSSR count). The van der Waals surface area contributed by atoms with Crippen molar-refractivity contribution in [3.63, 3.8) is 0 Å². The molecule has 0 aromatic carbocycles. The monoisotopic (exact) mass is 229 g/mol. The molecule has 1 N–H and O–H groups in total. The lowest BCUT2D eigenvalue weighted by atomic mass is 10.2. The predicted octanol–water partition coefficient (Wildman–Crippen LogP) is 2.02. The molecular weight excluding hydrogens is 214 g/mol. The summed E-state index contributed by atoms with van der Waals surface area (Å²) in [5, 5.41) is 3.46. The predicted molar refractivity (Wildman–Crippen MR) is 65.0 cm³/mol. The van der Waals surface area contributed by atoms with Gasteiger partial charge in [0.1, 0.15) is 24.3 Å². The van der Waals surface area contributed by atoms with E-state index in [0.717, 1.165) is 11.6 Å². The standard InChI is InChI=1S/C12H15N5/c1-2-4-10(3-1)16-11-7-12(15-8-14-11)17-6-5-13-9-17/h5-10H,1-4H2,(H,14,15,16). The van der Waals surface area contributed by atoms with E-state index >= 15 is 0 Å². The fourth-order valence-electron chi connectivity index (χ4n) is 2.24. The molecule has 2 aromatic rings. The van der Waals surface area contributed by atoms with Gasteiger partial charge in [-0.2, -0.15) is 0 Å². The third-order valence-corrected chi connectivity index (χ3v) is 3.13. The molecule has 5 heteroatoms. The quantitative estimate of drug-likeness (QED) is 0.874. The molecule has 0 spiro atoms. The van der Waals surface area contributed by atoms with Gasteiger partial charge in [0.25, 0.3) is 0 Å². The molecule has 2 aromatic heterocycles. The Bertz CT molecular complexity index is 473. The molecule has 1 aliphatic rings. The van der Waals surface area contributed by atoms with E-state index in [-0.39, 0.29) is 0 Å². The molecule has 0 aliphatic heterocycles. The fourth-order valence-corrected chi connectivity index (χ4v) is 2.24. The van der Waals surface area contributed by atoms with Gasteiger partial charge in [-0.15, -0.1) is 0 Å². The molecule has 5 nitrogen and oxygen atoms in total. The molecule has 1 fully saturated rings. The number of nitrogens with zero attached hydrogens (tertiary/aromatic N) is 4. The number of imidazole rings is 1. The molecule has 0 saturated heterocycles. The molecule has 0 atom stereocenters. The first-order valence-electron chi connectivity index (χ1n) is 5.99. The van der Waals surface area contributed by atoms with Crippen LogP contribution in [0.25, 0.3) is 5.82 Å². The van der Waals surface area contributed by atoms with Crippen molar-refractivity contribution in [2.45, 2.75) is 31.7 Å². The Morgan fingerprint density at radius 1 is 1.24 bits per heavy atom. The summed E-state index contributed by atoms with van der Waals surface area (Å²) < 4.78 is 1.88. The number of hydrogen-bond donors (Lipinski definition) is 1. The highest BCUT2D eigenvalue weighted by Crippen LogP contribution is 2.21. The summed E-state index contributed by atoms with van der Waals surface area (Å²) in [5.41, 5.74) is 0. The number of hydrogen-bond acceptors (Lipinski definition) is 4. The summed E-state index contributed by atoms with van der Waals surface area (Å²) in [6.07, 6.45) is 12.1. The Morgan fingerprint density at radius 3 is 2.88 bits per heavy atom. The van der Waals surface area contributed by atoms with Crippen LogP contribution in [0, 0.1) is 0 Å². The van der Waals surface area contributed by atoms with E-state index < -0.39 is 0 Å². The van der Waals surface area contributed by atoms with Crippen molar-refractivity contribution in [1.29, 1.82) is 0 Å². The maximum absolute atomic E-state index is 4.26. The minimum absolute atomic E-state index is 0.570. The Kier molecular flexibility index (Phi) is 2.73. The van der Waals surface area contributed by atoms with Crippen molar-refractivity contribution >= 4 is 5.82 Å². The maximum Gasteiger partial charge on any atom is 0.143 e. The zero-order valence-electron chi connectivity index (χ0n) is 9.58. The van der Waals surface area contributed by atoms with Gasteiger partial charge in [-0.3, -0.25) is 4.57 Å². The lowest BCUT2D eigenvalue weighted by Gasteiger charge is -2.12. The lowest BCUT2D eigenvalue weighted by Crippen LogP contribution is -2.15. The molecule has 88 valence electrons. The van der Waals surface area contributed by atoms with Gasteiger partial charge in [-0.1, -0.05) is 12.8 Å². The Labute approximate surface area is 99.9 Å². The summed E-state index contributed by atoms with van der Waals surface area (Å²) >= 11 is 0. The molecule has 17 heavy (non-hydrogen) atoms. The van der Waals surface area contributed by atoms with Crippen LogP contribution >= 0.6 is 0 Å². The van der Waals surface area contributed by atoms with E-state index in [0.29, 0.717) is 6.04 Å². The first-order valence-corrected chi connectivity index (χ1v) is 5.99. The lowest BCUT2D eigenvalue weighted by molar-refractivity contribution is 0.749. The highest BCUT2D eigenvalue weighted by atomic mass is 15.1. The zero-order chi connectivity index (χ0) is 11.5. The van der Waals surface area contributed by atoms with Crippen LogP contribution in [0.5, 0.6) is 0 Å². The molecule has 0 radical (unpaired) electrons. The number of rotatable bonds is 3. The Balaban J connectivity index is 1.79. The van der Waals surface area contributed by atoms with Crippen LogP contribution < -0.4 is 5.32 Å². The number of anilines is 1. The van der Waals surface area contributed by atoms with Gasteiger partial charge >= 0.3 is 0 Å². The van der Waals surface area contributed by atoms with Gasteiger partial charge in [0.05, 0.1) is 0 Å². The largest absolute Gasteiger partial charge is 0.367 e. The minimum Gasteiger partial charge on any atom is -0.367 e. The van der Waals surface area contributed by atoms with Crippen LogP contribution in [0.3, 0.4) is 0 Å². The van der Waals surface area contributed by atoms with Gasteiger partial charge in [0, 0.05) is 24.5 Å². The van der Waals surface area contributed by atoms with Crippen LogP contribution in [0.15, 0.2) is 31.1 Å². The van der Waals surface area contributed by atoms with E-state index in [1.165, 1.54) is 25.7 Å². The molecule has 0 amide bonds. The summed E-state index contributed by atoms with van der Waals surface area (Å²) in [7, 11) is 0. The van der Waals surface area contributed by atoms with Crippen LogP contribution in [0.2, 0.25) is 0 Å². The minimum atomic E-state index is 0.570. The number of aromatic nitrogens is 4. The third kappa shape index (κ3) is 2.27. The van der Waals surface area contributed by atoms with Crippen LogP contribution in [-0.4, -0.2) is 25.6 Å². The summed E-state index contributed by atoms with van der Waals surface area (Å²) in [6, 6.07) is 2.53. The van der Waals surface area contributed by atoms with E-state index in [4.69, 9.17) is 0 Å². The topological polar surface area (TPSA) is 55.6 Å². The van der Waals surface area contributed by atoms with Crippen molar-refractivity contribution < 1.29 is 0 Å². The second kappa shape index (κ2) is 4.53. The average molecular weight is 229 g/mol. The van der Waals surface area contributed by atoms with Gasteiger partial charge in [0.15, 0.2) is 0 Å². The third-order valence-electron chi connectivity index (χ3n) is 3.13. The summed E-state index contributed by atoms with van der Waals surface area (Å²) in [4.78, 5) is 12.5. The molecule has 1 aliphatic carbocycles. The van der Waals surface area contributed by atoms with Crippen LogP contribution in [-0.2, 0) is 0 Å². The summed E-state index contributed by atoms with van der Waals surface area (Å²) in [6.45, 7) is 0. The first-order chi connectivity index (χ1) is 8.42. The van der Waals surface area contributed by atoms with Crippen molar-refractivity contribution in [1.82, 2.24) is 19.5 Å². The van der Waals surface area contributed by atoms with E-state index in [9.17, 15) is 0 Å². The summed E-state index contributed by atoms with van der Waals surface area (Å²) in [5.74, 6) is 1.74. The van der Waals surface area contributed by atoms with Crippen molar-refractivity contribution in [3.05, 3.63) is 31.1 Å². The molecule has 2 heterocycles. The van der Waals surface area contributed by atoms with Crippen molar-refractivity contribution in [2.24, 2.45) is 0 Å². The van der Waals surface area contributed by atoms with E-state index in [1.54, 1.807) is 18.9 Å². The highest BCUT2D eigenvalue weighted by Gasteiger charge is 2.15. The number of nitrogens with one attached hydrogen (secondary N) is 1. The second-order valence-electron chi connectivity index (χ2n) is 4.36. The second-order valence-corrected chi connectivity index (χ2v) is 4.36. The van der Waals surface area contributed by atoms with Gasteiger partial charge < -0.3 is 5.32 Å². The van der Waals surface area contributed by atoms with Crippen LogP contribution in [0.4, 0.5) is 5.82 Å². The normalized spacial score (nSPS) is 16.2. The average Bonchev–Trinajstić information content (AvgIpc) is 3.01. The first kappa shape index (κ1) is 10.3. The Hall–Kier alpha value is -1.91. The van der Waals surface area contributed by atoms with Crippen LogP contribution in [0.1, 0.15) is 25.7 Å².